The van der Waals surface area contributed by atoms with E-state index in [0.717, 1.165) is 10.5 Å². The van der Waals surface area contributed by atoms with Gasteiger partial charge in [0.1, 0.15) is 0 Å². The first kappa shape index (κ1) is 10.8. The third kappa shape index (κ3) is 3.20. The molecule has 0 fully saturated rings. The highest BCUT2D eigenvalue weighted by molar-refractivity contribution is 7.85. The summed E-state index contributed by atoms with van der Waals surface area (Å²) in [6.45, 7) is 2.23. The summed E-state index contributed by atoms with van der Waals surface area (Å²) in [6.07, 6.45) is 0. The Morgan fingerprint density at radius 2 is 2.36 bits per heavy atom. The molecule has 1 atom stereocenters. The molecule has 0 N–H and O–H groups in total. The smallest absolute Gasteiger partial charge is 0.0530 e. The molecule has 0 aliphatic heterocycles. The first-order valence-electron chi connectivity index (χ1n) is 4.20. The van der Waals surface area contributed by atoms with E-state index < -0.39 is 10.8 Å². The molecule has 0 spiro atoms. The summed E-state index contributed by atoms with van der Waals surface area (Å²) in [5.74, 6) is 0.382. The second-order valence-electron chi connectivity index (χ2n) is 2.82. The van der Waals surface area contributed by atoms with Crippen LogP contribution in [0, 0.1) is 6.92 Å². The van der Waals surface area contributed by atoms with E-state index in [1.165, 1.54) is 0 Å². The quantitative estimate of drug-likeness (QED) is 0.426. The number of aryl methyl sites for hydroxylation is 1. The average Bonchev–Trinajstić information content (AvgIpc) is 2.18. The lowest BCUT2D eigenvalue weighted by molar-refractivity contribution is 0.682. The van der Waals surface area contributed by atoms with Gasteiger partial charge in [-0.3, -0.25) is 4.21 Å². The summed E-state index contributed by atoms with van der Waals surface area (Å²) in [7, 11) is -1.06. The number of hydrogen-bond acceptors (Lipinski definition) is 2. The molecule has 0 aliphatic carbocycles. The van der Waals surface area contributed by atoms with Crippen molar-refractivity contribution in [3.63, 3.8) is 0 Å². The van der Waals surface area contributed by atoms with E-state index in [1.807, 2.05) is 31.2 Å². The number of azide groups is 1. The first-order valence-corrected chi connectivity index (χ1v) is 5.52. The molecule has 0 saturated heterocycles. The molecule has 1 aromatic carbocycles. The third-order valence-electron chi connectivity index (χ3n) is 1.69. The molecule has 14 heavy (non-hydrogen) atoms. The number of nitrogens with zero attached hydrogens (tertiary/aromatic N) is 3. The van der Waals surface area contributed by atoms with Gasteiger partial charge in [-0.1, -0.05) is 17.2 Å². The van der Waals surface area contributed by atoms with E-state index in [0.29, 0.717) is 5.75 Å². The lowest BCUT2D eigenvalue weighted by Crippen LogP contribution is -2.00. The van der Waals surface area contributed by atoms with Crippen molar-refractivity contribution in [2.75, 3.05) is 12.3 Å². The van der Waals surface area contributed by atoms with E-state index >= 15 is 0 Å². The van der Waals surface area contributed by atoms with Gasteiger partial charge in [-0.05, 0) is 30.2 Å². The maximum atomic E-state index is 11.6. The van der Waals surface area contributed by atoms with Crippen molar-refractivity contribution in [3.8, 4) is 0 Å². The second kappa shape index (κ2) is 5.42. The van der Waals surface area contributed by atoms with Crippen LogP contribution in [0.4, 0.5) is 0 Å². The Kier molecular flexibility index (Phi) is 4.16. The van der Waals surface area contributed by atoms with Gasteiger partial charge >= 0.3 is 0 Å². The highest BCUT2D eigenvalue weighted by atomic mass is 32.2. The first-order chi connectivity index (χ1) is 6.74. The van der Waals surface area contributed by atoms with Gasteiger partial charge in [0.05, 0.1) is 10.8 Å². The normalized spacial score (nSPS) is 11.8. The zero-order chi connectivity index (χ0) is 10.4. The fourth-order valence-corrected chi connectivity index (χ4v) is 2.07. The Labute approximate surface area is 85.0 Å². The van der Waals surface area contributed by atoms with E-state index in [-0.39, 0.29) is 6.54 Å². The van der Waals surface area contributed by atoms with Gasteiger partial charge in [0, 0.05) is 22.1 Å². The monoisotopic (exact) mass is 209 g/mol. The average molecular weight is 209 g/mol. The minimum Gasteiger partial charge on any atom is -0.254 e. The highest BCUT2D eigenvalue weighted by Gasteiger charge is 2.01. The summed E-state index contributed by atoms with van der Waals surface area (Å²) in [5, 5.41) is 3.35. The van der Waals surface area contributed by atoms with Crippen LogP contribution < -0.4 is 0 Å². The van der Waals surface area contributed by atoms with Crippen molar-refractivity contribution >= 4 is 10.8 Å². The molecule has 1 rings (SSSR count). The van der Waals surface area contributed by atoms with Crippen molar-refractivity contribution in [1.29, 1.82) is 0 Å². The van der Waals surface area contributed by atoms with E-state index in [9.17, 15) is 4.21 Å². The molecule has 0 heterocycles. The summed E-state index contributed by atoms with van der Waals surface area (Å²) < 4.78 is 11.6. The zero-order valence-electron chi connectivity index (χ0n) is 7.88. The Balaban J connectivity index is 2.65. The molecule has 74 valence electrons. The Bertz CT molecular complexity index is 385. The Morgan fingerprint density at radius 1 is 1.57 bits per heavy atom. The van der Waals surface area contributed by atoms with Gasteiger partial charge in [0.25, 0.3) is 0 Å². The predicted octanol–water partition coefficient (Wildman–Crippen LogP) is 2.41. The van der Waals surface area contributed by atoms with Crippen molar-refractivity contribution in [2.24, 2.45) is 5.11 Å². The van der Waals surface area contributed by atoms with E-state index in [1.54, 1.807) is 0 Å². The van der Waals surface area contributed by atoms with Crippen LogP contribution in [0.25, 0.3) is 10.4 Å². The molecular formula is C9H11N3OS. The number of rotatable bonds is 4. The van der Waals surface area contributed by atoms with Crippen LogP contribution in [0.3, 0.4) is 0 Å². The van der Waals surface area contributed by atoms with Crippen LogP contribution in [0.5, 0.6) is 0 Å². The third-order valence-corrected chi connectivity index (χ3v) is 3.03. The predicted molar refractivity (Wildman–Crippen MR) is 56.5 cm³/mol. The zero-order valence-corrected chi connectivity index (χ0v) is 8.70. The van der Waals surface area contributed by atoms with E-state index in [4.69, 9.17) is 5.53 Å². The molecular weight excluding hydrogens is 198 g/mol. The van der Waals surface area contributed by atoms with Crippen LogP contribution in [0.15, 0.2) is 34.3 Å². The Hall–Kier alpha value is -1.32. The lowest BCUT2D eigenvalue weighted by atomic mass is 10.2. The van der Waals surface area contributed by atoms with Crippen LogP contribution in [-0.2, 0) is 10.8 Å². The number of hydrogen-bond donors (Lipinski definition) is 0. The summed E-state index contributed by atoms with van der Waals surface area (Å²) in [6, 6.07) is 7.52. The second-order valence-corrected chi connectivity index (χ2v) is 4.39. The fourth-order valence-electron chi connectivity index (χ4n) is 1.04. The van der Waals surface area contributed by atoms with Crippen molar-refractivity contribution in [1.82, 2.24) is 0 Å². The van der Waals surface area contributed by atoms with Gasteiger partial charge in [0.15, 0.2) is 0 Å². The summed E-state index contributed by atoms with van der Waals surface area (Å²) >= 11 is 0. The van der Waals surface area contributed by atoms with Crippen LogP contribution in [0.1, 0.15) is 5.56 Å². The maximum absolute atomic E-state index is 11.6. The van der Waals surface area contributed by atoms with Crippen molar-refractivity contribution in [3.05, 3.63) is 40.3 Å². The number of benzene rings is 1. The summed E-state index contributed by atoms with van der Waals surface area (Å²) in [5.41, 5.74) is 9.14. The SMILES string of the molecule is Cc1cccc(S(=O)CCN=[N+]=[N-])c1. The fraction of sp³-hybridized carbons (Fsp3) is 0.333. The van der Waals surface area contributed by atoms with Gasteiger partial charge in [0.2, 0.25) is 0 Å². The molecule has 4 nitrogen and oxygen atoms in total. The summed E-state index contributed by atoms with van der Waals surface area (Å²) in [4.78, 5) is 3.40. The maximum Gasteiger partial charge on any atom is 0.0530 e. The standard InChI is InChI=1S/C9H11N3OS/c1-8-3-2-4-9(7-8)14(13)6-5-11-12-10/h2-4,7H,5-6H2,1H3. The largest absolute Gasteiger partial charge is 0.254 e. The lowest BCUT2D eigenvalue weighted by Gasteiger charge is -2.00. The minimum atomic E-state index is -1.06. The van der Waals surface area contributed by atoms with Crippen molar-refractivity contribution in [2.45, 2.75) is 11.8 Å². The van der Waals surface area contributed by atoms with Crippen LogP contribution >= 0.6 is 0 Å². The highest BCUT2D eigenvalue weighted by Crippen LogP contribution is 2.08. The molecule has 0 aromatic heterocycles. The molecule has 0 amide bonds. The van der Waals surface area contributed by atoms with Crippen LogP contribution in [0.2, 0.25) is 0 Å². The van der Waals surface area contributed by atoms with Gasteiger partial charge in [-0.25, -0.2) is 0 Å². The Morgan fingerprint density at radius 3 is 3.00 bits per heavy atom. The molecule has 0 saturated carbocycles. The van der Waals surface area contributed by atoms with Crippen LogP contribution in [-0.4, -0.2) is 16.5 Å². The molecule has 1 aromatic rings. The molecule has 5 heteroatoms. The van der Waals surface area contributed by atoms with Gasteiger partial charge in [-0.2, -0.15) is 0 Å². The van der Waals surface area contributed by atoms with Gasteiger partial charge < -0.3 is 0 Å². The molecule has 0 bridgehead atoms. The molecule has 0 aliphatic rings. The topological polar surface area (TPSA) is 65.8 Å². The molecule has 0 radical (unpaired) electrons. The minimum absolute atomic E-state index is 0.275. The van der Waals surface area contributed by atoms with Crippen molar-refractivity contribution < 1.29 is 4.21 Å². The van der Waals surface area contributed by atoms with E-state index in [2.05, 4.69) is 10.0 Å². The molecule has 1 unspecified atom stereocenters. The van der Waals surface area contributed by atoms with Gasteiger partial charge in [-0.15, -0.1) is 0 Å².